The molecule has 1 aromatic heterocycles. The number of anilines is 1. The second kappa shape index (κ2) is 8.27. The van der Waals surface area contributed by atoms with E-state index in [1.165, 1.54) is 17.5 Å². The van der Waals surface area contributed by atoms with Crippen molar-refractivity contribution in [1.82, 2.24) is 14.9 Å². The average molecular weight is 396 g/mol. The summed E-state index contributed by atoms with van der Waals surface area (Å²) in [5, 5.41) is 0. The molecule has 29 heavy (non-hydrogen) atoms. The number of ether oxygens (including phenoxy) is 2. The largest absolute Gasteiger partial charge is 0.493 e. The van der Waals surface area contributed by atoms with Gasteiger partial charge < -0.3 is 19.3 Å². The van der Waals surface area contributed by atoms with Gasteiger partial charge in [0.15, 0.2) is 11.5 Å². The fraction of sp³-hybridized carbons (Fsp3) is 0.500. The molecule has 0 bridgehead atoms. The smallest absolute Gasteiger partial charge is 0.257 e. The van der Waals surface area contributed by atoms with Crippen molar-refractivity contribution in [3.05, 3.63) is 41.2 Å². The number of amides is 1. The third-order valence-corrected chi connectivity index (χ3v) is 5.83. The zero-order valence-electron chi connectivity index (χ0n) is 17.4. The average Bonchev–Trinajstić information content (AvgIpc) is 2.77. The molecule has 7 heteroatoms. The summed E-state index contributed by atoms with van der Waals surface area (Å²) in [6.45, 7) is 5.35. The molecule has 7 nitrogen and oxygen atoms in total. The van der Waals surface area contributed by atoms with E-state index in [0.717, 1.165) is 44.0 Å². The van der Waals surface area contributed by atoms with Gasteiger partial charge in [-0.05, 0) is 48.4 Å². The maximum Gasteiger partial charge on any atom is 0.257 e. The molecule has 2 aliphatic rings. The summed E-state index contributed by atoms with van der Waals surface area (Å²) >= 11 is 0. The summed E-state index contributed by atoms with van der Waals surface area (Å²) in [7, 11) is 3.30. The molecule has 2 aliphatic heterocycles. The SMILES string of the molecule is COc1cc2c(cc1OC)CN(c1ncc(C(=O)N3CCCC(C)C3)cn1)CC2. The highest BCUT2D eigenvalue weighted by molar-refractivity contribution is 5.93. The van der Waals surface area contributed by atoms with Crippen molar-refractivity contribution in [2.75, 3.05) is 38.8 Å². The molecule has 1 unspecified atom stereocenters. The van der Waals surface area contributed by atoms with Crippen molar-refractivity contribution in [3.63, 3.8) is 0 Å². The van der Waals surface area contributed by atoms with E-state index in [9.17, 15) is 4.79 Å². The number of methoxy groups -OCH3 is 2. The lowest BCUT2D eigenvalue weighted by atomic mass is 9.99. The summed E-state index contributed by atoms with van der Waals surface area (Å²) in [6, 6.07) is 4.07. The van der Waals surface area contributed by atoms with E-state index in [0.29, 0.717) is 24.0 Å². The van der Waals surface area contributed by atoms with Crippen LogP contribution in [-0.2, 0) is 13.0 Å². The molecule has 1 saturated heterocycles. The Morgan fingerprint density at radius 1 is 1.07 bits per heavy atom. The van der Waals surface area contributed by atoms with E-state index >= 15 is 0 Å². The molecule has 0 N–H and O–H groups in total. The first-order valence-corrected chi connectivity index (χ1v) is 10.2. The fourth-order valence-corrected chi connectivity index (χ4v) is 4.21. The van der Waals surface area contributed by atoms with Crippen molar-refractivity contribution < 1.29 is 14.3 Å². The Morgan fingerprint density at radius 2 is 1.76 bits per heavy atom. The number of carbonyl (C=O) groups is 1. The van der Waals surface area contributed by atoms with Crippen molar-refractivity contribution in [1.29, 1.82) is 0 Å². The van der Waals surface area contributed by atoms with E-state index in [1.54, 1.807) is 26.6 Å². The highest BCUT2D eigenvalue weighted by Crippen LogP contribution is 2.33. The molecule has 0 aliphatic carbocycles. The number of piperidine rings is 1. The van der Waals surface area contributed by atoms with Gasteiger partial charge >= 0.3 is 0 Å². The Kier molecular flexibility index (Phi) is 5.56. The van der Waals surface area contributed by atoms with E-state index < -0.39 is 0 Å². The predicted octanol–water partition coefficient (Wildman–Crippen LogP) is 2.93. The molecular weight excluding hydrogens is 368 g/mol. The van der Waals surface area contributed by atoms with Crippen LogP contribution in [0.3, 0.4) is 0 Å². The van der Waals surface area contributed by atoms with Crippen molar-refractivity contribution in [2.45, 2.75) is 32.7 Å². The molecule has 154 valence electrons. The summed E-state index contributed by atoms with van der Waals surface area (Å²) in [5.41, 5.74) is 3.00. The van der Waals surface area contributed by atoms with Crippen LogP contribution < -0.4 is 14.4 Å². The van der Waals surface area contributed by atoms with Crippen LogP contribution in [0, 0.1) is 5.92 Å². The highest BCUT2D eigenvalue weighted by atomic mass is 16.5. The number of nitrogens with zero attached hydrogens (tertiary/aromatic N) is 4. The van der Waals surface area contributed by atoms with Gasteiger partial charge in [0.2, 0.25) is 5.95 Å². The summed E-state index contributed by atoms with van der Waals surface area (Å²) in [6.07, 6.45) is 6.45. The van der Waals surface area contributed by atoms with E-state index in [-0.39, 0.29) is 5.91 Å². The van der Waals surface area contributed by atoms with E-state index in [2.05, 4.69) is 21.8 Å². The first-order valence-electron chi connectivity index (χ1n) is 10.2. The minimum Gasteiger partial charge on any atom is -0.493 e. The Balaban J connectivity index is 1.48. The van der Waals surface area contributed by atoms with Crippen LogP contribution in [0.15, 0.2) is 24.5 Å². The lowest BCUT2D eigenvalue weighted by Gasteiger charge is -2.31. The van der Waals surface area contributed by atoms with Crippen molar-refractivity contribution >= 4 is 11.9 Å². The van der Waals surface area contributed by atoms with Gasteiger partial charge in [0, 0.05) is 38.6 Å². The lowest BCUT2D eigenvalue weighted by molar-refractivity contribution is 0.0682. The molecule has 0 radical (unpaired) electrons. The monoisotopic (exact) mass is 396 g/mol. The predicted molar refractivity (Wildman–Crippen MR) is 111 cm³/mol. The van der Waals surface area contributed by atoms with Gasteiger partial charge in [-0.15, -0.1) is 0 Å². The van der Waals surface area contributed by atoms with Gasteiger partial charge in [0.25, 0.3) is 5.91 Å². The van der Waals surface area contributed by atoms with E-state index in [4.69, 9.17) is 9.47 Å². The molecule has 1 atom stereocenters. The van der Waals surface area contributed by atoms with Gasteiger partial charge in [0.1, 0.15) is 0 Å². The van der Waals surface area contributed by atoms with Crippen LogP contribution in [0.1, 0.15) is 41.3 Å². The van der Waals surface area contributed by atoms with Crippen LogP contribution in [0.5, 0.6) is 11.5 Å². The summed E-state index contributed by atoms with van der Waals surface area (Å²) < 4.78 is 10.8. The zero-order chi connectivity index (χ0) is 20.4. The number of hydrogen-bond acceptors (Lipinski definition) is 6. The second-order valence-electron chi connectivity index (χ2n) is 7.92. The van der Waals surface area contributed by atoms with Crippen LogP contribution in [0.25, 0.3) is 0 Å². The molecule has 1 fully saturated rings. The molecule has 1 amide bonds. The molecule has 3 heterocycles. The zero-order valence-corrected chi connectivity index (χ0v) is 17.4. The highest BCUT2D eigenvalue weighted by Gasteiger charge is 2.24. The van der Waals surface area contributed by atoms with Crippen LogP contribution in [0.4, 0.5) is 5.95 Å². The number of carbonyl (C=O) groups excluding carboxylic acids is 1. The fourth-order valence-electron chi connectivity index (χ4n) is 4.21. The Morgan fingerprint density at radius 3 is 2.41 bits per heavy atom. The third kappa shape index (κ3) is 3.99. The first kappa shape index (κ1) is 19.5. The molecule has 0 spiro atoms. The number of aromatic nitrogens is 2. The number of likely N-dealkylation sites (tertiary alicyclic amines) is 1. The van der Waals surface area contributed by atoms with Gasteiger partial charge in [-0.1, -0.05) is 6.92 Å². The van der Waals surface area contributed by atoms with Gasteiger partial charge in [-0.3, -0.25) is 4.79 Å². The molecule has 2 aromatic rings. The molecule has 1 aromatic carbocycles. The quantitative estimate of drug-likeness (QED) is 0.792. The Bertz CT molecular complexity index is 884. The standard InChI is InChI=1S/C22H28N4O3/c1-15-5-4-7-25(13-15)21(27)18-11-23-22(24-12-18)26-8-6-16-9-19(28-2)20(29-3)10-17(16)14-26/h9-12,15H,4-8,13-14H2,1-3H3. The van der Waals surface area contributed by atoms with Crippen LogP contribution in [0.2, 0.25) is 0 Å². The Hall–Kier alpha value is -2.83. The molecule has 0 saturated carbocycles. The van der Waals surface area contributed by atoms with Gasteiger partial charge in [-0.25, -0.2) is 9.97 Å². The number of rotatable bonds is 4. The topological polar surface area (TPSA) is 67.8 Å². The minimum absolute atomic E-state index is 0.0314. The Labute approximate surface area is 171 Å². The number of fused-ring (bicyclic) bond motifs is 1. The molecule has 4 rings (SSSR count). The maximum atomic E-state index is 12.7. The van der Waals surface area contributed by atoms with Crippen LogP contribution in [-0.4, -0.2) is 54.6 Å². The second-order valence-corrected chi connectivity index (χ2v) is 7.92. The number of hydrogen-bond donors (Lipinski definition) is 0. The molecular formula is C22H28N4O3. The normalized spacial score (nSPS) is 18.9. The number of benzene rings is 1. The maximum absolute atomic E-state index is 12.7. The van der Waals surface area contributed by atoms with Crippen molar-refractivity contribution in [3.8, 4) is 11.5 Å². The van der Waals surface area contributed by atoms with Gasteiger partial charge in [0.05, 0.1) is 19.8 Å². The first-order chi connectivity index (χ1) is 14.1. The lowest BCUT2D eigenvalue weighted by Crippen LogP contribution is -2.39. The van der Waals surface area contributed by atoms with Crippen molar-refractivity contribution in [2.24, 2.45) is 5.92 Å². The van der Waals surface area contributed by atoms with Gasteiger partial charge in [-0.2, -0.15) is 0 Å². The third-order valence-electron chi connectivity index (χ3n) is 5.83. The summed E-state index contributed by atoms with van der Waals surface area (Å²) in [4.78, 5) is 25.8. The minimum atomic E-state index is 0.0314. The summed E-state index contributed by atoms with van der Waals surface area (Å²) in [5.74, 6) is 2.71. The van der Waals surface area contributed by atoms with E-state index in [1.807, 2.05) is 17.0 Å². The van der Waals surface area contributed by atoms with Crippen LogP contribution >= 0.6 is 0 Å².